The van der Waals surface area contributed by atoms with Gasteiger partial charge in [0, 0.05) is 6.61 Å². The van der Waals surface area contributed by atoms with Gasteiger partial charge in [0.25, 0.3) is 0 Å². The van der Waals surface area contributed by atoms with E-state index in [9.17, 15) is 0 Å². The Morgan fingerprint density at radius 2 is 0.955 bits per heavy atom. The van der Waals surface area contributed by atoms with E-state index in [0.29, 0.717) is 6.61 Å². The minimum Gasteiger partial charge on any atom is -0.369 e. The number of hydrogen-bond acceptors (Lipinski definition) is 1. The van der Waals surface area contributed by atoms with Crippen molar-refractivity contribution in [1.29, 1.82) is 0 Å². The number of hydrogen-bond donors (Lipinski definition) is 0. The lowest BCUT2D eigenvalue weighted by Crippen LogP contribution is -1.94. The maximum absolute atomic E-state index is 5.27. The van der Waals surface area contributed by atoms with Gasteiger partial charge in [-0.3, -0.25) is 0 Å². The first kappa shape index (κ1) is 21.5. The minimum atomic E-state index is 0.471. The molecule has 0 unspecified atom stereocenters. The topological polar surface area (TPSA) is 9.23 Å². The summed E-state index contributed by atoms with van der Waals surface area (Å²) in [6, 6.07) is 0. The number of terminal acetylenes is 1. The summed E-state index contributed by atoms with van der Waals surface area (Å²) in [6.45, 7) is 3.59. The van der Waals surface area contributed by atoms with Crippen LogP contribution < -0.4 is 0 Å². The Balaban J connectivity index is 2.93. The molecule has 0 aliphatic heterocycles. The molecule has 0 radical (unpaired) electrons. The fourth-order valence-electron chi connectivity index (χ4n) is 2.88. The van der Waals surface area contributed by atoms with Crippen LogP contribution in [-0.2, 0) is 4.74 Å². The van der Waals surface area contributed by atoms with Crippen LogP contribution in [0.1, 0.15) is 110 Å². The fourth-order valence-corrected chi connectivity index (χ4v) is 2.88. The smallest absolute Gasteiger partial charge is 0.107 e. The van der Waals surface area contributed by atoms with Gasteiger partial charge >= 0.3 is 0 Å². The summed E-state index contributed by atoms with van der Waals surface area (Å²) in [5.74, 6) is 2.50. The zero-order valence-electron chi connectivity index (χ0n) is 15.2. The standard InChI is InChI=1S/C21H40O/c1-3-5-6-7-8-9-10-11-12-13-14-15-16-17-18-19-21-22-20-4-2/h2H,3,5-21H2,1H3. The lowest BCUT2D eigenvalue weighted by molar-refractivity contribution is 0.162. The van der Waals surface area contributed by atoms with Gasteiger partial charge < -0.3 is 4.74 Å². The Labute approximate surface area is 140 Å². The molecular formula is C21H40O. The Kier molecular flexibility index (Phi) is 20.1. The van der Waals surface area contributed by atoms with Crippen molar-refractivity contribution in [1.82, 2.24) is 0 Å². The molecule has 0 amide bonds. The quantitative estimate of drug-likeness (QED) is 0.198. The summed E-state index contributed by atoms with van der Waals surface area (Å²) in [6.07, 6.45) is 27.6. The Bertz CT molecular complexity index is 229. The molecule has 0 spiro atoms. The molecule has 0 saturated heterocycles. The van der Waals surface area contributed by atoms with E-state index in [1.165, 1.54) is 103 Å². The van der Waals surface area contributed by atoms with Gasteiger partial charge in [0.2, 0.25) is 0 Å². The number of ether oxygens (including phenoxy) is 1. The van der Waals surface area contributed by atoms with Crippen LogP contribution in [0.5, 0.6) is 0 Å². The van der Waals surface area contributed by atoms with E-state index in [2.05, 4.69) is 12.8 Å². The van der Waals surface area contributed by atoms with Crippen molar-refractivity contribution in [2.75, 3.05) is 13.2 Å². The lowest BCUT2D eigenvalue weighted by atomic mass is 10.0. The van der Waals surface area contributed by atoms with Crippen LogP contribution >= 0.6 is 0 Å². The van der Waals surface area contributed by atoms with E-state index in [4.69, 9.17) is 11.2 Å². The molecule has 1 heteroatoms. The van der Waals surface area contributed by atoms with Gasteiger partial charge in [-0.2, -0.15) is 0 Å². The summed E-state index contributed by atoms with van der Waals surface area (Å²) in [5, 5.41) is 0. The fraction of sp³-hybridized carbons (Fsp3) is 0.905. The van der Waals surface area contributed by atoms with E-state index >= 15 is 0 Å². The zero-order valence-corrected chi connectivity index (χ0v) is 15.2. The highest BCUT2D eigenvalue weighted by Gasteiger charge is 1.94. The van der Waals surface area contributed by atoms with Gasteiger partial charge in [-0.25, -0.2) is 0 Å². The van der Waals surface area contributed by atoms with Crippen LogP contribution in [0.25, 0.3) is 0 Å². The predicted molar refractivity (Wildman–Crippen MR) is 99.2 cm³/mol. The summed E-state index contributed by atoms with van der Waals surface area (Å²) < 4.78 is 5.27. The van der Waals surface area contributed by atoms with Crippen LogP contribution in [0.4, 0.5) is 0 Å². The van der Waals surface area contributed by atoms with Crippen LogP contribution in [-0.4, -0.2) is 13.2 Å². The van der Waals surface area contributed by atoms with Crippen molar-refractivity contribution in [2.24, 2.45) is 0 Å². The first-order valence-electron chi connectivity index (χ1n) is 9.93. The van der Waals surface area contributed by atoms with Crippen LogP contribution in [0, 0.1) is 12.3 Å². The van der Waals surface area contributed by atoms with Gasteiger partial charge in [-0.1, -0.05) is 109 Å². The molecule has 0 atom stereocenters. The SMILES string of the molecule is C#CCOCCCCCCCCCCCCCCCCCC. The highest BCUT2D eigenvalue weighted by molar-refractivity contribution is 4.82. The first-order valence-corrected chi connectivity index (χ1v) is 9.93. The van der Waals surface area contributed by atoms with Gasteiger partial charge in [-0.15, -0.1) is 6.42 Å². The second kappa shape index (κ2) is 20.5. The average molecular weight is 309 g/mol. The normalized spacial score (nSPS) is 10.7. The van der Waals surface area contributed by atoms with Gasteiger partial charge in [-0.05, 0) is 6.42 Å². The lowest BCUT2D eigenvalue weighted by Gasteiger charge is -2.03. The second-order valence-corrected chi connectivity index (χ2v) is 6.56. The van der Waals surface area contributed by atoms with Crippen LogP contribution in [0.2, 0.25) is 0 Å². The molecule has 130 valence electrons. The van der Waals surface area contributed by atoms with Crippen LogP contribution in [0.3, 0.4) is 0 Å². The Hall–Kier alpha value is -0.480. The van der Waals surface area contributed by atoms with E-state index in [-0.39, 0.29) is 0 Å². The van der Waals surface area contributed by atoms with Crippen molar-refractivity contribution in [2.45, 2.75) is 110 Å². The zero-order chi connectivity index (χ0) is 16.1. The summed E-state index contributed by atoms with van der Waals surface area (Å²) in [7, 11) is 0. The average Bonchev–Trinajstić information content (AvgIpc) is 2.54. The van der Waals surface area contributed by atoms with Crippen molar-refractivity contribution < 1.29 is 4.74 Å². The first-order chi connectivity index (χ1) is 10.9. The maximum Gasteiger partial charge on any atom is 0.107 e. The molecular weight excluding hydrogens is 268 g/mol. The maximum atomic E-state index is 5.27. The highest BCUT2D eigenvalue weighted by atomic mass is 16.5. The van der Waals surface area contributed by atoms with Gasteiger partial charge in [0.1, 0.15) is 6.61 Å². The predicted octanol–water partition coefficient (Wildman–Crippen LogP) is 6.90. The van der Waals surface area contributed by atoms with E-state index in [1.807, 2.05) is 0 Å². The second-order valence-electron chi connectivity index (χ2n) is 6.56. The van der Waals surface area contributed by atoms with E-state index in [1.54, 1.807) is 0 Å². The van der Waals surface area contributed by atoms with Crippen LogP contribution in [0.15, 0.2) is 0 Å². The van der Waals surface area contributed by atoms with Gasteiger partial charge in [0.15, 0.2) is 0 Å². The molecule has 22 heavy (non-hydrogen) atoms. The third-order valence-corrected chi connectivity index (χ3v) is 4.33. The molecule has 0 aliphatic carbocycles. The molecule has 0 aromatic rings. The van der Waals surface area contributed by atoms with Crippen molar-refractivity contribution in [3.63, 3.8) is 0 Å². The molecule has 1 nitrogen and oxygen atoms in total. The molecule has 0 fully saturated rings. The van der Waals surface area contributed by atoms with E-state index in [0.717, 1.165) is 6.61 Å². The summed E-state index contributed by atoms with van der Waals surface area (Å²) >= 11 is 0. The van der Waals surface area contributed by atoms with Crippen molar-refractivity contribution in [3.05, 3.63) is 0 Å². The van der Waals surface area contributed by atoms with E-state index < -0.39 is 0 Å². The molecule has 0 aliphatic rings. The van der Waals surface area contributed by atoms with Crippen molar-refractivity contribution in [3.8, 4) is 12.3 Å². The summed E-state index contributed by atoms with van der Waals surface area (Å²) in [5.41, 5.74) is 0. The molecule has 0 N–H and O–H groups in total. The molecule has 0 saturated carbocycles. The molecule has 0 heterocycles. The molecule has 0 rings (SSSR count). The Morgan fingerprint density at radius 1 is 0.591 bits per heavy atom. The van der Waals surface area contributed by atoms with Crippen molar-refractivity contribution >= 4 is 0 Å². The number of unbranched alkanes of at least 4 members (excludes halogenated alkanes) is 15. The number of rotatable bonds is 18. The largest absolute Gasteiger partial charge is 0.369 e. The molecule has 0 aromatic carbocycles. The third-order valence-electron chi connectivity index (χ3n) is 4.33. The Morgan fingerprint density at radius 3 is 1.32 bits per heavy atom. The third kappa shape index (κ3) is 19.5. The van der Waals surface area contributed by atoms with Gasteiger partial charge in [0.05, 0.1) is 0 Å². The highest BCUT2D eigenvalue weighted by Crippen LogP contribution is 2.13. The monoisotopic (exact) mass is 308 g/mol. The molecule has 0 bridgehead atoms. The minimum absolute atomic E-state index is 0.471. The molecule has 0 aromatic heterocycles. The summed E-state index contributed by atoms with van der Waals surface area (Å²) in [4.78, 5) is 0.